The third-order valence-corrected chi connectivity index (χ3v) is 5.27. The molecule has 0 radical (unpaired) electrons. The van der Waals surface area contributed by atoms with Crippen molar-refractivity contribution in [3.63, 3.8) is 0 Å². The quantitative estimate of drug-likeness (QED) is 0.607. The minimum absolute atomic E-state index is 0.368. The Morgan fingerprint density at radius 2 is 1.78 bits per heavy atom. The summed E-state index contributed by atoms with van der Waals surface area (Å²) < 4.78 is 38.4. The van der Waals surface area contributed by atoms with E-state index in [1.807, 2.05) is 13.0 Å². The molecule has 0 saturated carbocycles. The van der Waals surface area contributed by atoms with Gasteiger partial charge in [-0.25, -0.2) is 18.2 Å². The summed E-state index contributed by atoms with van der Waals surface area (Å²) in [6.45, 7) is 4.93. The Morgan fingerprint density at radius 3 is 2.37 bits per heavy atom. The highest BCUT2D eigenvalue weighted by Crippen LogP contribution is 2.24. The van der Waals surface area contributed by atoms with Crippen LogP contribution >= 0.6 is 0 Å². The highest BCUT2D eigenvalue weighted by atomic mass is 32.2. The van der Waals surface area contributed by atoms with Crippen LogP contribution in [-0.4, -0.2) is 32.8 Å². The molecule has 0 heterocycles. The molecule has 0 atom stereocenters. The zero-order valence-corrected chi connectivity index (χ0v) is 16.5. The van der Waals surface area contributed by atoms with Crippen LogP contribution in [0.4, 0.5) is 10.1 Å². The topological polar surface area (TPSA) is 78.8 Å². The van der Waals surface area contributed by atoms with Gasteiger partial charge in [-0.1, -0.05) is 24.3 Å². The van der Waals surface area contributed by atoms with Gasteiger partial charge >= 0.3 is 0 Å². The van der Waals surface area contributed by atoms with Gasteiger partial charge in [-0.05, 0) is 55.7 Å². The van der Waals surface area contributed by atoms with E-state index in [0.29, 0.717) is 17.0 Å². The van der Waals surface area contributed by atoms with Gasteiger partial charge in [0.05, 0.1) is 17.7 Å². The zero-order chi connectivity index (χ0) is 20.2. The number of hydrogen-bond donors (Lipinski definition) is 1. The molecule has 0 aliphatic carbocycles. The minimum Gasteiger partial charge on any atom is -0.271 e. The molecule has 0 unspecified atom stereocenters. The van der Waals surface area contributed by atoms with Gasteiger partial charge in [0.15, 0.2) is 0 Å². The third-order valence-electron chi connectivity index (χ3n) is 4.14. The van der Waals surface area contributed by atoms with Crippen LogP contribution in [0.15, 0.2) is 47.6 Å². The monoisotopic (exact) mass is 391 g/mol. The fourth-order valence-corrected chi connectivity index (χ4v) is 3.36. The molecule has 1 N–H and O–H groups in total. The number of sulfonamides is 1. The number of amides is 1. The van der Waals surface area contributed by atoms with E-state index in [0.717, 1.165) is 21.7 Å². The van der Waals surface area contributed by atoms with Crippen molar-refractivity contribution in [1.82, 2.24) is 5.43 Å². The van der Waals surface area contributed by atoms with Crippen LogP contribution in [0.1, 0.15) is 23.6 Å². The van der Waals surface area contributed by atoms with Crippen molar-refractivity contribution < 1.29 is 17.6 Å². The Morgan fingerprint density at radius 1 is 1.15 bits per heavy atom. The van der Waals surface area contributed by atoms with E-state index < -0.39 is 22.5 Å². The van der Waals surface area contributed by atoms with E-state index in [1.165, 1.54) is 12.1 Å². The average molecular weight is 391 g/mol. The molecule has 6 nitrogen and oxygen atoms in total. The number of nitrogens with zero attached hydrogens (tertiary/aromatic N) is 2. The maximum atomic E-state index is 13.0. The van der Waals surface area contributed by atoms with E-state index >= 15 is 0 Å². The number of benzene rings is 2. The molecule has 144 valence electrons. The lowest BCUT2D eigenvalue weighted by Crippen LogP contribution is -2.39. The zero-order valence-electron chi connectivity index (χ0n) is 15.7. The van der Waals surface area contributed by atoms with Gasteiger partial charge in [0.2, 0.25) is 10.0 Å². The van der Waals surface area contributed by atoms with Crippen LogP contribution in [0, 0.1) is 19.7 Å². The summed E-state index contributed by atoms with van der Waals surface area (Å²) in [5, 5.41) is 3.97. The predicted molar refractivity (Wildman–Crippen MR) is 105 cm³/mol. The van der Waals surface area contributed by atoms with Crippen molar-refractivity contribution in [2.45, 2.75) is 20.8 Å². The van der Waals surface area contributed by atoms with Crippen LogP contribution in [-0.2, 0) is 14.8 Å². The molecule has 1 amide bonds. The number of hydrazone groups is 1. The second kappa shape index (κ2) is 8.30. The van der Waals surface area contributed by atoms with Crippen LogP contribution in [0.5, 0.6) is 0 Å². The van der Waals surface area contributed by atoms with Gasteiger partial charge in [0, 0.05) is 0 Å². The number of hydrogen-bond acceptors (Lipinski definition) is 4. The smallest absolute Gasteiger partial charge is 0.260 e. The number of anilines is 1. The first-order chi connectivity index (χ1) is 12.6. The van der Waals surface area contributed by atoms with Crippen molar-refractivity contribution in [3.8, 4) is 0 Å². The number of halogens is 1. The predicted octanol–water partition coefficient (Wildman–Crippen LogP) is 2.75. The summed E-state index contributed by atoms with van der Waals surface area (Å²) in [4.78, 5) is 12.3. The molecule has 0 spiro atoms. The first-order valence-corrected chi connectivity index (χ1v) is 10.1. The molecule has 0 aromatic heterocycles. The molecule has 2 aromatic rings. The Bertz CT molecular complexity index is 970. The van der Waals surface area contributed by atoms with Gasteiger partial charge in [0.25, 0.3) is 5.91 Å². The second-order valence-corrected chi connectivity index (χ2v) is 8.13. The Labute approximate surface area is 158 Å². The average Bonchev–Trinajstić information content (AvgIpc) is 2.60. The number of rotatable bonds is 6. The number of carbonyl (C=O) groups excluding carboxylic acids is 1. The highest BCUT2D eigenvalue weighted by Gasteiger charge is 2.22. The highest BCUT2D eigenvalue weighted by molar-refractivity contribution is 7.92. The molecule has 0 bridgehead atoms. The summed E-state index contributed by atoms with van der Waals surface area (Å²) in [6.07, 6.45) is 1.05. The third kappa shape index (κ3) is 5.37. The molecule has 0 fully saturated rings. The molecule has 2 aromatic carbocycles. The van der Waals surface area contributed by atoms with Crippen molar-refractivity contribution in [1.29, 1.82) is 0 Å². The van der Waals surface area contributed by atoms with Crippen LogP contribution in [0.3, 0.4) is 0 Å². The van der Waals surface area contributed by atoms with E-state index in [1.54, 1.807) is 38.1 Å². The summed E-state index contributed by atoms with van der Waals surface area (Å²) >= 11 is 0. The SMILES string of the molecule is C/C(=N/NC(=O)CN(c1cccc(C)c1C)S(C)(=O)=O)c1ccc(F)cc1. The van der Waals surface area contributed by atoms with Gasteiger partial charge in [-0.15, -0.1) is 0 Å². The van der Waals surface area contributed by atoms with Crippen molar-refractivity contribution in [2.75, 3.05) is 17.1 Å². The van der Waals surface area contributed by atoms with E-state index in [-0.39, 0.29) is 5.82 Å². The summed E-state index contributed by atoms with van der Waals surface area (Å²) in [5.41, 5.74) is 5.62. The normalized spacial score (nSPS) is 12.0. The number of aryl methyl sites for hydroxylation is 1. The van der Waals surface area contributed by atoms with Crippen molar-refractivity contribution >= 4 is 27.3 Å². The van der Waals surface area contributed by atoms with Crippen molar-refractivity contribution in [2.24, 2.45) is 5.10 Å². The number of carbonyl (C=O) groups is 1. The molecule has 2 rings (SSSR count). The first-order valence-electron chi connectivity index (χ1n) is 8.22. The Kier molecular flexibility index (Phi) is 6.32. The maximum absolute atomic E-state index is 13.0. The van der Waals surface area contributed by atoms with Crippen LogP contribution < -0.4 is 9.73 Å². The fraction of sp³-hybridized carbons (Fsp3) is 0.263. The second-order valence-electron chi connectivity index (χ2n) is 6.23. The molecule has 27 heavy (non-hydrogen) atoms. The molecule has 8 heteroatoms. The lowest BCUT2D eigenvalue weighted by molar-refractivity contribution is -0.119. The standard InChI is InChI=1S/C19H22FN3O3S/c1-13-6-5-7-18(14(13)2)23(27(4,25)26)12-19(24)22-21-15(3)16-8-10-17(20)11-9-16/h5-11H,12H2,1-4H3,(H,22,24)/b21-15-. The molecular weight excluding hydrogens is 369 g/mol. The van der Waals surface area contributed by atoms with Gasteiger partial charge in [0.1, 0.15) is 12.4 Å². The first kappa shape index (κ1) is 20.6. The van der Waals surface area contributed by atoms with Crippen molar-refractivity contribution in [3.05, 3.63) is 65.0 Å². The Hall–Kier alpha value is -2.74. The van der Waals surface area contributed by atoms with E-state index in [2.05, 4.69) is 10.5 Å². The minimum atomic E-state index is -3.67. The van der Waals surface area contributed by atoms with Crippen LogP contribution in [0.2, 0.25) is 0 Å². The number of nitrogens with one attached hydrogen (secondary N) is 1. The summed E-state index contributed by atoms with van der Waals surface area (Å²) in [6, 6.07) is 10.9. The van der Waals surface area contributed by atoms with Gasteiger partial charge < -0.3 is 0 Å². The largest absolute Gasteiger partial charge is 0.271 e. The van der Waals surface area contributed by atoms with Gasteiger partial charge in [-0.3, -0.25) is 9.10 Å². The molecule has 0 saturated heterocycles. The molecule has 0 aliphatic rings. The lowest BCUT2D eigenvalue weighted by atomic mass is 10.1. The molecular formula is C19H22FN3O3S. The lowest BCUT2D eigenvalue weighted by Gasteiger charge is -2.24. The van der Waals surface area contributed by atoms with E-state index in [9.17, 15) is 17.6 Å². The maximum Gasteiger partial charge on any atom is 0.260 e. The van der Waals surface area contributed by atoms with E-state index in [4.69, 9.17) is 0 Å². The summed E-state index contributed by atoms with van der Waals surface area (Å²) in [7, 11) is -3.67. The summed E-state index contributed by atoms with van der Waals surface area (Å²) in [5.74, 6) is -0.948. The van der Waals surface area contributed by atoms with Gasteiger partial charge in [-0.2, -0.15) is 5.10 Å². The fourth-order valence-electron chi connectivity index (χ4n) is 2.45. The molecule has 0 aliphatic heterocycles. The van der Waals surface area contributed by atoms with Crippen LogP contribution in [0.25, 0.3) is 0 Å². The Balaban J connectivity index is 2.18.